The Hall–Kier alpha value is -2.52. The first-order chi connectivity index (χ1) is 11.2. The average molecular weight is 325 g/mol. The van der Waals surface area contributed by atoms with Crippen LogP contribution in [0.25, 0.3) is 5.69 Å². The Morgan fingerprint density at radius 2 is 1.87 bits per heavy atom. The van der Waals surface area contributed by atoms with Gasteiger partial charge in [0.1, 0.15) is 11.4 Å². The minimum Gasteiger partial charge on any atom is -0.494 e. The number of hydrogen-bond acceptors (Lipinski definition) is 2. The van der Waals surface area contributed by atoms with Gasteiger partial charge in [-0.25, -0.2) is 0 Å². The van der Waals surface area contributed by atoms with E-state index in [1.807, 2.05) is 30.5 Å². The molecule has 0 aliphatic heterocycles. The number of para-hydroxylation sites is 1. The molecule has 3 aromatic rings. The fourth-order valence-electron chi connectivity index (χ4n) is 2.44. The van der Waals surface area contributed by atoms with Crippen molar-refractivity contribution in [3.05, 3.63) is 77.1 Å². The monoisotopic (exact) mass is 324 g/mol. The SMILES string of the molecule is COc1ccc(Cl)cc1N=Cc1cc(C)n(-c2ccccc2)c1. The van der Waals surface area contributed by atoms with Crippen LogP contribution in [0.4, 0.5) is 5.69 Å². The standard InChI is InChI=1S/C19H17ClN2O/c1-14-10-15(13-22(14)17-6-4-3-5-7-17)12-21-18-11-16(20)8-9-19(18)23-2/h3-13H,1-2H3. The van der Waals surface area contributed by atoms with Crippen molar-refractivity contribution in [1.29, 1.82) is 0 Å². The lowest BCUT2D eigenvalue weighted by atomic mass is 10.3. The molecular weight excluding hydrogens is 308 g/mol. The van der Waals surface area contributed by atoms with Gasteiger partial charge in [0.15, 0.2) is 0 Å². The molecule has 0 bridgehead atoms. The molecule has 0 saturated carbocycles. The van der Waals surface area contributed by atoms with Gasteiger partial charge in [0.05, 0.1) is 7.11 Å². The number of aromatic nitrogens is 1. The second kappa shape index (κ2) is 6.71. The van der Waals surface area contributed by atoms with Gasteiger partial charge in [0.25, 0.3) is 0 Å². The Kier molecular flexibility index (Phi) is 4.49. The number of halogens is 1. The molecule has 0 N–H and O–H groups in total. The topological polar surface area (TPSA) is 26.5 Å². The summed E-state index contributed by atoms with van der Waals surface area (Å²) < 4.78 is 7.44. The van der Waals surface area contributed by atoms with Crippen LogP contribution in [0, 0.1) is 6.92 Å². The summed E-state index contributed by atoms with van der Waals surface area (Å²) in [4.78, 5) is 4.51. The van der Waals surface area contributed by atoms with Crippen molar-refractivity contribution in [2.75, 3.05) is 7.11 Å². The third-order valence-corrected chi connectivity index (χ3v) is 3.80. The molecule has 1 aromatic heterocycles. The molecular formula is C19H17ClN2O. The highest BCUT2D eigenvalue weighted by Crippen LogP contribution is 2.30. The lowest BCUT2D eigenvalue weighted by Gasteiger charge is -2.04. The number of hydrogen-bond donors (Lipinski definition) is 0. The van der Waals surface area contributed by atoms with Crippen LogP contribution in [0.2, 0.25) is 5.02 Å². The van der Waals surface area contributed by atoms with E-state index in [4.69, 9.17) is 16.3 Å². The van der Waals surface area contributed by atoms with Gasteiger partial charge < -0.3 is 9.30 Å². The van der Waals surface area contributed by atoms with E-state index in [0.29, 0.717) is 16.5 Å². The Morgan fingerprint density at radius 1 is 1.09 bits per heavy atom. The minimum absolute atomic E-state index is 0.635. The number of methoxy groups -OCH3 is 1. The number of benzene rings is 2. The summed E-state index contributed by atoms with van der Waals surface area (Å²) in [5, 5.41) is 0.635. The third-order valence-electron chi connectivity index (χ3n) is 3.56. The largest absolute Gasteiger partial charge is 0.494 e. The summed E-state index contributed by atoms with van der Waals surface area (Å²) in [5.41, 5.74) is 4.01. The predicted molar refractivity (Wildman–Crippen MR) is 95.8 cm³/mol. The summed E-state index contributed by atoms with van der Waals surface area (Å²) in [6.45, 7) is 2.07. The average Bonchev–Trinajstić information content (AvgIpc) is 2.95. The number of nitrogens with zero attached hydrogens (tertiary/aromatic N) is 2. The van der Waals surface area contributed by atoms with Crippen molar-refractivity contribution in [2.24, 2.45) is 4.99 Å². The normalized spacial score (nSPS) is 11.1. The maximum atomic E-state index is 6.03. The first-order valence-corrected chi connectivity index (χ1v) is 7.67. The number of rotatable bonds is 4. The smallest absolute Gasteiger partial charge is 0.144 e. The van der Waals surface area contributed by atoms with Crippen LogP contribution in [0.15, 0.2) is 65.8 Å². The van der Waals surface area contributed by atoms with Gasteiger partial charge in [-0.3, -0.25) is 4.99 Å². The zero-order valence-electron chi connectivity index (χ0n) is 13.0. The van der Waals surface area contributed by atoms with Gasteiger partial charge in [0, 0.05) is 34.4 Å². The lowest BCUT2D eigenvalue weighted by Crippen LogP contribution is -1.93. The van der Waals surface area contributed by atoms with E-state index in [-0.39, 0.29) is 0 Å². The lowest BCUT2D eigenvalue weighted by molar-refractivity contribution is 0.416. The first-order valence-electron chi connectivity index (χ1n) is 7.29. The molecule has 23 heavy (non-hydrogen) atoms. The van der Waals surface area contributed by atoms with Crippen molar-refractivity contribution in [1.82, 2.24) is 4.57 Å². The highest BCUT2D eigenvalue weighted by Gasteiger charge is 2.04. The first kappa shape index (κ1) is 15.4. The van der Waals surface area contributed by atoms with E-state index in [0.717, 1.165) is 16.9 Å². The number of aliphatic imine (C=N–C) groups is 1. The van der Waals surface area contributed by atoms with Gasteiger partial charge in [-0.05, 0) is 43.3 Å². The van der Waals surface area contributed by atoms with E-state index in [1.165, 1.54) is 0 Å². The predicted octanol–water partition coefficient (Wildman–Crippen LogP) is 5.20. The van der Waals surface area contributed by atoms with Crippen molar-refractivity contribution >= 4 is 23.5 Å². The second-order valence-corrected chi connectivity index (χ2v) is 5.63. The Morgan fingerprint density at radius 3 is 2.61 bits per heavy atom. The molecule has 116 valence electrons. The van der Waals surface area contributed by atoms with Gasteiger partial charge in [-0.2, -0.15) is 0 Å². The van der Waals surface area contributed by atoms with Crippen molar-refractivity contribution in [3.8, 4) is 11.4 Å². The van der Waals surface area contributed by atoms with Gasteiger partial charge in [-0.15, -0.1) is 0 Å². The molecule has 0 saturated heterocycles. The number of aryl methyl sites for hydroxylation is 1. The van der Waals surface area contributed by atoms with Crippen LogP contribution in [-0.2, 0) is 0 Å². The highest BCUT2D eigenvalue weighted by molar-refractivity contribution is 6.30. The van der Waals surface area contributed by atoms with Gasteiger partial charge >= 0.3 is 0 Å². The molecule has 3 nitrogen and oxygen atoms in total. The van der Waals surface area contributed by atoms with Crippen molar-refractivity contribution in [3.63, 3.8) is 0 Å². The van der Waals surface area contributed by atoms with Crippen LogP contribution >= 0.6 is 11.6 Å². The summed E-state index contributed by atoms with van der Waals surface area (Å²) in [6, 6.07) is 17.7. The summed E-state index contributed by atoms with van der Waals surface area (Å²) in [6.07, 6.45) is 3.88. The Balaban J connectivity index is 1.91. The van der Waals surface area contributed by atoms with Crippen LogP contribution in [0.1, 0.15) is 11.3 Å². The molecule has 1 heterocycles. The van der Waals surface area contributed by atoms with E-state index < -0.39 is 0 Å². The number of ether oxygens (including phenoxy) is 1. The van der Waals surface area contributed by atoms with Crippen molar-refractivity contribution < 1.29 is 4.74 Å². The molecule has 0 radical (unpaired) electrons. The third kappa shape index (κ3) is 3.46. The van der Waals surface area contributed by atoms with Gasteiger partial charge in [0.2, 0.25) is 0 Å². The van der Waals surface area contributed by atoms with Crippen LogP contribution in [-0.4, -0.2) is 17.9 Å². The van der Waals surface area contributed by atoms with Crippen LogP contribution in [0.5, 0.6) is 5.75 Å². The molecule has 4 heteroatoms. The molecule has 0 spiro atoms. The summed E-state index contributed by atoms with van der Waals surface area (Å²) >= 11 is 6.03. The van der Waals surface area contributed by atoms with Crippen LogP contribution in [0.3, 0.4) is 0 Å². The van der Waals surface area contributed by atoms with E-state index in [2.05, 4.69) is 40.9 Å². The maximum absolute atomic E-state index is 6.03. The highest BCUT2D eigenvalue weighted by atomic mass is 35.5. The maximum Gasteiger partial charge on any atom is 0.144 e. The molecule has 0 atom stereocenters. The Labute approximate surface area is 140 Å². The molecule has 2 aromatic carbocycles. The fraction of sp³-hybridized carbons (Fsp3) is 0.105. The van der Waals surface area contributed by atoms with Gasteiger partial charge in [-0.1, -0.05) is 29.8 Å². The van der Waals surface area contributed by atoms with E-state index >= 15 is 0 Å². The van der Waals surface area contributed by atoms with Crippen LogP contribution < -0.4 is 4.74 Å². The summed E-state index contributed by atoms with van der Waals surface area (Å²) in [5.74, 6) is 0.699. The summed E-state index contributed by atoms with van der Waals surface area (Å²) in [7, 11) is 1.62. The molecule has 0 unspecified atom stereocenters. The van der Waals surface area contributed by atoms with Crippen molar-refractivity contribution in [2.45, 2.75) is 6.92 Å². The molecule has 0 aliphatic carbocycles. The quantitative estimate of drug-likeness (QED) is 0.606. The van der Waals surface area contributed by atoms with E-state index in [1.54, 1.807) is 19.2 Å². The minimum atomic E-state index is 0.635. The molecule has 0 fully saturated rings. The molecule has 3 rings (SSSR count). The zero-order chi connectivity index (χ0) is 16.2. The zero-order valence-corrected chi connectivity index (χ0v) is 13.8. The fourth-order valence-corrected chi connectivity index (χ4v) is 2.61. The second-order valence-electron chi connectivity index (χ2n) is 5.19. The van der Waals surface area contributed by atoms with E-state index in [9.17, 15) is 0 Å². The molecule has 0 aliphatic rings. The Bertz CT molecular complexity index is 838. The molecule has 0 amide bonds.